The number of thioether (sulfide) groups is 1. The fourth-order valence-corrected chi connectivity index (χ4v) is 1.50. The number of hydrogen-bond acceptors (Lipinski definition) is 3. The predicted molar refractivity (Wildman–Crippen MR) is 39.7 cm³/mol. The van der Waals surface area contributed by atoms with Gasteiger partial charge in [0.1, 0.15) is 0 Å². The molecule has 0 radical (unpaired) electrons. The van der Waals surface area contributed by atoms with Gasteiger partial charge in [0.25, 0.3) is 5.91 Å². The summed E-state index contributed by atoms with van der Waals surface area (Å²) < 4.78 is 0. The summed E-state index contributed by atoms with van der Waals surface area (Å²) in [5, 5.41) is 8.82. The topological polar surface area (TPSA) is 53.2 Å². The van der Waals surface area contributed by atoms with E-state index in [1.807, 2.05) is 6.07 Å². The summed E-state index contributed by atoms with van der Waals surface area (Å²) in [6.45, 7) is 1.79. The van der Waals surface area contributed by atoms with Crippen LogP contribution in [-0.2, 0) is 4.79 Å². The third kappa shape index (κ3) is 1.36. The lowest BCUT2D eigenvalue weighted by Gasteiger charge is -1.92. The second-order valence-electron chi connectivity index (χ2n) is 1.94. The van der Waals surface area contributed by atoms with Crippen molar-refractivity contribution in [3.05, 3.63) is 0 Å². The molecular formula is C6H6N2OS. The molecule has 1 heterocycles. The Bertz CT molecular complexity index is 228. The Morgan fingerprint density at radius 1 is 1.90 bits per heavy atom. The van der Waals surface area contributed by atoms with Gasteiger partial charge in [0.2, 0.25) is 0 Å². The molecule has 0 aliphatic carbocycles. The molecule has 10 heavy (non-hydrogen) atoms. The van der Waals surface area contributed by atoms with E-state index >= 15 is 0 Å². The number of nitriles is 1. The molecule has 1 aliphatic heterocycles. The van der Waals surface area contributed by atoms with Crippen LogP contribution in [0.5, 0.6) is 0 Å². The van der Waals surface area contributed by atoms with Crippen molar-refractivity contribution in [3.63, 3.8) is 0 Å². The molecule has 0 aromatic carbocycles. The predicted octanol–water partition coefficient (Wildman–Crippen LogP) is 0.960. The first kappa shape index (κ1) is 7.29. The molecule has 0 bridgehead atoms. The largest absolute Gasteiger partial charge is 0.271 e. The molecule has 0 saturated carbocycles. The van der Waals surface area contributed by atoms with E-state index in [0.29, 0.717) is 5.04 Å². The zero-order chi connectivity index (χ0) is 7.56. The second-order valence-corrected chi connectivity index (χ2v) is 3.35. The zero-order valence-corrected chi connectivity index (χ0v) is 6.31. The Labute approximate surface area is 63.1 Å². The highest BCUT2D eigenvalue weighted by atomic mass is 32.2. The van der Waals surface area contributed by atoms with E-state index in [-0.39, 0.29) is 17.6 Å². The zero-order valence-electron chi connectivity index (χ0n) is 5.50. The molecule has 4 heteroatoms. The van der Waals surface area contributed by atoms with Gasteiger partial charge in [-0.1, -0.05) is 11.8 Å². The SMILES string of the molecule is CC1SC(CC#N)=NC1=O. The lowest BCUT2D eigenvalue weighted by Crippen LogP contribution is -2.02. The second kappa shape index (κ2) is 2.84. The molecule has 3 nitrogen and oxygen atoms in total. The van der Waals surface area contributed by atoms with Crippen molar-refractivity contribution in [1.82, 2.24) is 0 Å². The Kier molecular flexibility index (Phi) is 2.07. The van der Waals surface area contributed by atoms with E-state index in [1.54, 1.807) is 6.92 Å². The van der Waals surface area contributed by atoms with E-state index in [9.17, 15) is 4.79 Å². The van der Waals surface area contributed by atoms with Gasteiger partial charge in [-0.3, -0.25) is 4.79 Å². The van der Waals surface area contributed by atoms with Crippen LogP contribution in [0.15, 0.2) is 4.99 Å². The van der Waals surface area contributed by atoms with Crippen LogP contribution in [0.2, 0.25) is 0 Å². The maximum Gasteiger partial charge on any atom is 0.259 e. The lowest BCUT2D eigenvalue weighted by atomic mass is 10.4. The first-order chi connectivity index (χ1) is 4.74. The highest BCUT2D eigenvalue weighted by molar-refractivity contribution is 8.15. The van der Waals surface area contributed by atoms with Crippen LogP contribution < -0.4 is 0 Å². The molecule has 0 saturated heterocycles. The molecule has 0 spiro atoms. The maximum atomic E-state index is 10.7. The van der Waals surface area contributed by atoms with Crippen molar-refractivity contribution in [2.24, 2.45) is 4.99 Å². The van der Waals surface area contributed by atoms with Crippen LogP contribution in [0.3, 0.4) is 0 Å². The normalized spacial score (nSPS) is 24.2. The maximum absolute atomic E-state index is 10.7. The fraction of sp³-hybridized carbons (Fsp3) is 0.500. The lowest BCUT2D eigenvalue weighted by molar-refractivity contribution is -0.116. The van der Waals surface area contributed by atoms with Gasteiger partial charge in [0, 0.05) is 0 Å². The van der Waals surface area contributed by atoms with Gasteiger partial charge in [0.15, 0.2) is 0 Å². The van der Waals surface area contributed by atoms with Gasteiger partial charge in [-0.2, -0.15) is 5.26 Å². The number of hydrogen-bond donors (Lipinski definition) is 0. The minimum Gasteiger partial charge on any atom is -0.271 e. The molecule has 0 aromatic heterocycles. The quantitative estimate of drug-likeness (QED) is 0.565. The average molecular weight is 154 g/mol. The molecule has 1 atom stereocenters. The van der Waals surface area contributed by atoms with Gasteiger partial charge in [-0.25, -0.2) is 4.99 Å². The Balaban J connectivity index is 2.61. The van der Waals surface area contributed by atoms with E-state index in [1.165, 1.54) is 11.8 Å². The number of carbonyl (C=O) groups is 1. The molecule has 1 rings (SSSR count). The molecule has 52 valence electrons. The summed E-state index contributed by atoms with van der Waals surface area (Å²) in [5.41, 5.74) is 0. The molecule has 0 fully saturated rings. The first-order valence-corrected chi connectivity index (χ1v) is 3.77. The summed E-state index contributed by atoms with van der Waals surface area (Å²) in [4.78, 5) is 14.4. The highest BCUT2D eigenvalue weighted by Crippen LogP contribution is 2.22. The minimum absolute atomic E-state index is 0.0802. The molecule has 0 aromatic rings. The van der Waals surface area contributed by atoms with Crippen LogP contribution in [0, 0.1) is 11.3 Å². The minimum atomic E-state index is -0.116. The number of nitrogens with zero attached hydrogens (tertiary/aromatic N) is 2. The van der Waals surface area contributed by atoms with Crippen LogP contribution >= 0.6 is 11.8 Å². The Morgan fingerprint density at radius 2 is 2.60 bits per heavy atom. The van der Waals surface area contributed by atoms with Crippen LogP contribution in [-0.4, -0.2) is 16.2 Å². The van der Waals surface area contributed by atoms with Gasteiger partial charge < -0.3 is 0 Å². The fourth-order valence-electron chi connectivity index (χ4n) is 0.643. The Hall–Kier alpha value is -0.820. The number of amides is 1. The van der Waals surface area contributed by atoms with Crippen molar-refractivity contribution in [1.29, 1.82) is 5.26 Å². The molecule has 0 N–H and O–H groups in total. The van der Waals surface area contributed by atoms with Gasteiger partial charge in [-0.05, 0) is 6.92 Å². The van der Waals surface area contributed by atoms with Crippen LogP contribution in [0.1, 0.15) is 13.3 Å². The smallest absolute Gasteiger partial charge is 0.259 e. The number of rotatable bonds is 1. The van der Waals surface area contributed by atoms with Crippen LogP contribution in [0.25, 0.3) is 0 Å². The average Bonchev–Trinajstić information content (AvgIpc) is 2.14. The molecule has 1 unspecified atom stereocenters. The molecule has 1 aliphatic rings. The van der Waals surface area contributed by atoms with Crippen molar-refractivity contribution in [2.75, 3.05) is 0 Å². The summed E-state index contributed by atoms with van der Waals surface area (Å²) in [6, 6.07) is 1.95. The standard InChI is InChI=1S/C6H6N2OS/c1-4-6(9)8-5(10-4)2-3-7/h4H,2H2,1H3. The van der Waals surface area contributed by atoms with Crippen molar-refractivity contribution < 1.29 is 4.79 Å². The van der Waals surface area contributed by atoms with Gasteiger partial charge >= 0.3 is 0 Å². The van der Waals surface area contributed by atoms with E-state index in [4.69, 9.17) is 5.26 Å². The summed E-state index contributed by atoms with van der Waals surface area (Å²) in [7, 11) is 0. The van der Waals surface area contributed by atoms with Crippen molar-refractivity contribution >= 4 is 22.7 Å². The van der Waals surface area contributed by atoms with E-state index < -0.39 is 0 Å². The summed E-state index contributed by atoms with van der Waals surface area (Å²) in [5.74, 6) is -0.116. The number of aliphatic imine (C=N–C) groups is 1. The summed E-state index contributed by atoms with van der Waals surface area (Å²) in [6.07, 6.45) is 0.265. The molecular weight excluding hydrogens is 148 g/mol. The first-order valence-electron chi connectivity index (χ1n) is 2.89. The molecule has 1 amide bonds. The van der Waals surface area contributed by atoms with E-state index in [2.05, 4.69) is 4.99 Å². The van der Waals surface area contributed by atoms with Crippen molar-refractivity contribution in [2.45, 2.75) is 18.6 Å². The van der Waals surface area contributed by atoms with E-state index in [0.717, 1.165) is 0 Å². The van der Waals surface area contributed by atoms with Gasteiger partial charge in [-0.15, -0.1) is 0 Å². The monoisotopic (exact) mass is 154 g/mol. The summed E-state index contributed by atoms with van der Waals surface area (Å²) >= 11 is 1.38. The third-order valence-corrected chi connectivity index (χ3v) is 2.19. The van der Waals surface area contributed by atoms with Gasteiger partial charge in [0.05, 0.1) is 22.8 Å². The number of carbonyl (C=O) groups excluding carboxylic acids is 1. The highest BCUT2D eigenvalue weighted by Gasteiger charge is 2.22. The van der Waals surface area contributed by atoms with Crippen molar-refractivity contribution in [3.8, 4) is 6.07 Å². The third-order valence-electron chi connectivity index (χ3n) is 1.13. The van der Waals surface area contributed by atoms with Crippen LogP contribution in [0.4, 0.5) is 0 Å². The Morgan fingerprint density at radius 3 is 3.00 bits per heavy atom.